The van der Waals surface area contributed by atoms with E-state index in [1.165, 1.54) is 23.5 Å². The van der Waals surface area contributed by atoms with Gasteiger partial charge in [-0.2, -0.15) is 0 Å². The number of nitro benzene ring substituents is 1. The molecule has 2 aromatic carbocycles. The molecule has 3 aromatic rings. The van der Waals surface area contributed by atoms with Crippen LogP contribution in [0.25, 0.3) is 11.3 Å². The molecule has 0 fully saturated rings. The summed E-state index contributed by atoms with van der Waals surface area (Å²) in [6, 6.07) is 13.6. The van der Waals surface area contributed by atoms with Crippen molar-refractivity contribution in [3.63, 3.8) is 0 Å². The van der Waals surface area contributed by atoms with Crippen LogP contribution in [0.5, 0.6) is 11.5 Å². The molecule has 9 heteroatoms. The number of benzene rings is 2. The van der Waals surface area contributed by atoms with E-state index in [1.807, 2.05) is 31.2 Å². The normalized spacial score (nSPS) is 10.4. The molecule has 0 unspecified atom stereocenters. The van der Waals surface area contributed by atoms with Crippen LogP contribution in [-0.4, -0.2) is 29.0 Å². The summed E-state index contributed by atoms with van der Waals surface area (Å²) in [6.45, 7) is 2.84. The van der Waals surface area contributed by atoms with Gasteiger partial charge in [-0.3, -0.25) is 14.9 Å². The van der Waals surface area contributed by atoms with Crippen LogP contribution in [0.1, 0.15) is 19.8 Å². The van der Waals surface area contributed by atoms with Gasteiger partial charge in [-0.05, 0) is 25.5 Å². The summed E-state index contributed by atoms with van der Waals surface area (Å²) in [5.74, 6) is 1.17. The van der Waals surface area contributed by atoms with Crippen molar-refractivity contribution in [3.8, 4) is 22.8 Å². The molecule has 0 spiro atoms. The fraction of sp³-hybridized carbons (Fsp3) is 0.238. The zero-order chi connectivity index (χ0) is 21.3. The number of nitrogens with one attached hydrogen (secondary N) is 1. The number of amides is 1. The molecule has 0 radical (unpaired) electrons. The fourth-order valence-corrected chi connectivity index (χ4v) is 3.42. The van der Waals surface area contributed by atoms with Gasteiger partial charge in [0.05, 0.1) is 23.8 Å². The standard InChI is InChI=1S/C21H21N3O5S/c1-2-28-18-9-3-4-10-19(18)29-12-6-11-20(25)23-21-22-17(14-30-21)15-7-5-8-16(13-15)24(26)27/h3-5,7-10,13-14H,2,6,11-12H2,1H3,(H,22,23,25). The van der Waals surface area contributed by atoms with Gasteiger partial charge in [-0.15, -0.1) is 11.3 Å². The number of non-ortho nitro benzene ring substituents is 1. The molecule has 1 amide bonds. The van der Waals surface area contributed by atoms with Crippen molar-refractivity contribution in [1.29, 1.82) is 0 Å². The van der Waals surface area contributed by atoms with Crippen LogP contribution in [0.15, 0.2) is 53.9 Å². The second kappa shape index (κ2) is 10.4. The summed E-state index contributed by atoms with van der Waals surface area (Å²) in [5.41, 5.74) is 1.20. The molecular weight excluding hydrogens is 406 g/mol. The number of nitro groups is 1. The summed E-state index contributed by atoms with van der Waals surface area (Å²) in [6.07, 6.45) is 0.817. The lowest BCUT2D eigenvalue weighted by atomic mass is 10.1. The topological polar surface area (TPSA) is 104 Å². The highest BCUT2D eigenvalue weighted by atomic mass is 32.1. The molecule has 1 N–H and O–H groups in total. The van der Waals surface area contributed by atoms with Gasteiger partial charge in [0.25, 0.3) is 5.69 Å². The van der Waals surface area contributed by atoms with E-state index in [4.69, 9.17) is 9.47 Å². The van der Waals surface area contributed by atoms with E-state index in [0.717, 1.165) is 0 Å². The number of carbonyl (C=O) groups excluding carboxylic acids is 1. The number of anilines is 1. The van der Waals surface area contributed by atoms with Crippen molar-refractivity contribution in [3.05, 3.63) is 64.0 Å². The van der Waals surface area contributed by atoms with E-state index in [2.05, 4.69) is 10.3 Å². The zero-order valence-electron chi connectivity index (χ0n) is 16.4. The lowest BCUT2D eigenvalue weighted by molar-refractivity contribution is -0.384. The molecule has 0 saturated heterocycles. The minimum atomic E-state index is -0.451. The Balaban J connectivity index is 1.48. The Morgan fingerprint density at radius 2 is 1.93 bits per heavy atom. The Morgan fingerprint density at radius 3 is 2.67 bits per heavy atom. The summed E-state index contributed by atoms with van der Waals surface area (Å²) < 4.78 is 11.2. The third-order valence-corrected chi connectivity index (χ3v) is 4.82. The van der Waals surface area contributed by atoms with Crippen molar-refractivity contribution in [2.24, 2.45) is 0 Å². The number of carbonyl (C=O) groups is 1. The molecule has 1 aromatic heterocycles. The van der Waals surface area contributed by atoms with Crippen LogP contribution >= 0.6 is 11.3 Å². The third-order valence-electron chi connectivity index (χ3n) is 4.06. The predicted molar refractivity (Wildman–Crippen MR) is 115 cm³/mol. The minimum absolute atomic E-state index is 0.00278. The monoisotopic (exact) mass is 427 g/mol. The first kappa shape index (κ1) is 21.3. The third kappa shape index (κ3) is 5.77. The Bertz CT molecular complexity index is 1020. The largest absolute Gasteiger partial charge is 0.490 e. The maximum Gasteiger partial charge on any atom is 0.270 e. The highest BCUT2D eigenvalue weighted by Gasteiger charge is 2.12. The molecule has 0 aliphatic carbocycles. The minimum Gasteiger partial charge on any atom is -0.490 e. The van der Waals surface area contributed by atoms with Gasteiger partial charge >= 0.3 is 0 Å². The lowest BCUT2D eigenvalue weighted by Crippen LogP contribution is -2.12. The van der Waals surface area contributed by atoms with E-state index in [9.17, 15) is 14.9 Å². The van der Waals surface area contributed by atoms with Crippen LogP contribution in [0.2, 0.25) is 0 Å². The van der Waals surface area contributed by atoms with E-state index >= 15 is 0 Å². The number of ether oxygens (including phenoxy) is 2. The first-order chi connectivity index (χ1) is 14.6. The smallest absolute Gasteiger partial charge is 0.270 e. The molecule has 0 aliphatic heterocycles. The quantitative estimate of drug-likeness (QED) is 0.280. The SMILES string of the molecule is CCOc1ccccc1OCCCC(=O)Nc1nc(-c2cccc([N+](=O)[O-])c2)cs1. The molecule has 0 bridgehead atoms. The van der Waals surface area contributed by atoms with Crippen LogP contribution in [0.4, 0.5) is 10.8 Å². The first-order valence-electron chi connectivity index (χ1n) is 9.41. The number of aromatic nitrogens is 1. The molecule has 0 atom stereocenters. The van der Waals surface area contributed by atoms with Gasteiger partial charge in [0, 0.05) is 29.5 Å². The fourth-order valence-electron chi connectivity index (χ4n) is 2.68. The number of rotatable bonds is 10. The van der Waals surface area contributed by atoms with E-state index in [-0.39, 0.29) is 18.0 Å². The number of para-hydroxylation sites is 2. The van der Waals surface area contributed by atoms with Crippen molar-refractivity contribution in [2.45, 2.75) is 19.8 Å². The molecule has 8 nitrogen and oxygen atoms in total. The van der Waals surface area contributed by atoms with Crippen molar-refractivity contribution >= 4 is 28.1 Å². The number of thiazole rings is 1. The Morgan fingerprint density at radius 1 is 1.17 bits per heavy atom. The van der Waals surface area contributed by atoms with Gasteiger partial charge in [0.2, 0.25) is 5.91 Å². The van der Waals surface area contributed by atoms with E-state index < -0.39 is 4.92 Å². The average molecular weight is 427 g/mol. The maximum atomic E-state index is 12.2. The second-order valence-corrected chi connectivity index (χ2v) is 7.08. The second-order valence-electron chi connectivity index (χ2n) is 6.23. The van der Waals surface area contributed by atoms with Gasteiger partial charge in [-0.1, -0.05) is 24.3 Å². The van der Waals surface area contributed by atoms with Gasteiger partial charge in [0.1, 0.15) is 0 Å². The van der Waals surface area contributed by atoms with Crippen molar-refractivity contribution in [1.82, 2.24) is 4.98 Å². The highest BCUT2D eigenvalue weighted by molar-refractivity contribution is 7.14. The molecule has 0 aliphatic rings. The van der Waals surface area contributed by atoms with Gasteiger partial charge in [0.15, 0.2) is 16.6 Å². The van der Waals surface area contributed by atoms with Crippen LogP contribution in [-0.2, 0) is 4.79 Å². The van der Waals surface area contributed by atoms with Crippen LogP contribution in [0.3, 0.4) is 0 Å². The molecule has 3 rings (SSSR count). The molecule has 30 heavy (non-hydrogen) atoms. The molecular formula is C21H21N3O5S. The summed E-state index contributed by atoms with van der Waals surface area (Å²) in [4.78, 5) is 27.0. The predicted octanol–water partition coefficient (Wildman–Crippen LogP) is 4.91. The number of nitrogens with zero attached hydrogens (tertiary/aromatic N) is 2. The van der Waals surface area contributed by atoms with Gasteiger partial charge < -0.3 is 14.8 Å². The number of hydrogen-bond donors (Lipinski definition) is 1. The van der Waals surface area contributed by atoms with Crippen molar-refractivity contribution in [2.75, 3.05) is 18.5 Å². The van der Waals surface area contributed by atoms with Crippen molar-refractivity contribution < 1.29 is 19.2 Å². The molecule has 156 valence electrons. The maximum absolute atomic E-state index is 12.2. The average Bonchev–Trinajstić information content (AvgIpc) is 3.21. The lowest BCUT2D eigenvalue weighted by Gasteiger charge is -2.11. The Hall–Kier alpha value is -3.46. The van der Waals surface area contributed by atoms with Crippen LogP contribution in [0, 0.1) is 10.1 Å². The Labute approximate surface area is 177 Å². The summed E-state index contributed by atoms with van der Waals surface area (Å²) in [5, 5.41) is 15.9. The highest BCUT2D eigenvalue weighted by Crippen LogP contribution is 2.28. The molecule has 1 heterocycles. The first-order valence-corrected chi connectivity index (χ1v) is 10.3. The summed E-state index contributed by atoms with van der Waals surface area (Å²) in [7, 11) is 0. The van der Waals surface area contributed by atoms with E-state index in [0.29, 0.717) is 47.5 Å². The number of hydrogen-bond acceptors (Lipinski definition) is 7. The summed E-state index contributed by atoms with van der Waals surface area (Å²) >= 11 is 1.27. The van der Waals surface area contributed by atoms with Gasteiger partial charge in [-0.25, -0.2) is 4.98 Å². The Kier molecular flexibility index (Phi) is 7.34. The molecule has 0 saturated carbocycles. The zero-order valence-corrected chi connectivity index (χ0v) is 17.2. The van der Waals surface area contributed by atoms with Crippen LogP contribution < -0.4 is 14.8 Å². The van der Waals surface area contributed by atoms with E-state index in [1.54, 1.807) is 17.5 Å².